The second-order valence-corrected chi connectivity index (χ2v) is 7.68. The van der Waals surface area contributed by atoms with Gasteiger partial charge in [0.15, 0.2) is 0 Å². The number of carboxylic acids is 1. The van der Waals surface area contributed by atoms with Crippen molar-refractivity contribution in [2.75, 3.05) is 0 Å². The molecule has 4 rings (SSSR count). The van der Waals surface area contributed by atoms with E-state index in [0.717, 1.165) is 16.8 Å². The number of hydrogen-bond acceptors (Lipinski definition) is 2. The molecule has 0 aliphatic carbocycles. The highest BCUT2D eigenvalue weighted by molar-refractivity contribution is 5.99. The van der Waals surface area contributed by atoms with Gasteiger partial charge in [-0.1, -0.05) is 92.7 Å². The Hall–Kier alpha value is -3.92. The number of rotatable bonds is 6. The monoisotopic (exact) mass is 408 g/mol. The Kier molecular flexibility index (Phi) is 5.80. The molecule has 0 fully saturated rings. The Morgan fingerprint density at radius 3 is 2.06 bits per heavy atom. The number of carboxylic acid groups (broad SMARTS) is 1. The average Bonchev–Trinajstić information content (AvgIpc) is 3.19. The fourth-order valence-corrected chi connectivity index (χ4v) is 3.53. The minimum Gasteiger partial charge on any atom is -0.478 e. The zero-order valence-electron chi connectivity index (χ0n) is 17.6. The molecule has 0 spiro atoms. The Bertz CT molecular complexity index is 1210. The highest BCUT2D eigenvalue weighted by atomic mass is 16.4. The van der Waals surface area contributed by atoms with Gasteiger partial charge < -0.3 is 5.11 Å². The first kappa shape index (κ1) is 20.4. The van der Waals surface area contributed by atoms with E-state index in [1.54, 1.807) is 4.68 Å². The fraction of sp³-hybridized carbons (Fsp3) is 0.111. The Morgan fingerprint density at radius 1 is 0.871 bits per heavy atom. The molecule has 4 nitrogen and oxygen atoms in total. The van der Waals surface area contributed by atoms with Crippen LogP contribution in [0.1, 0.15) is 46.9 Å². The molecule has 0 aliphatic heterocycles. The molecule has 0 unspecified atom stereocenters. The first-order valence-electron chi connectivity index (χ1n) is 10.3. The van der Waals surface area contributed by atoms with Gasteiger partial charge in [-0.3, -0.25) is 0 Å². The van der Waals surface area contributed by atoms with Gasteiger partial charge in [0.1, 0.15) is 11.3 Å². The number of carbonyl (C=O) groups is 1. The van der Waals surface area contributed by atoms with E-state index < -0.39 is 5.97 Å². The molecule has 0 saturated carbocycles. The van der Waals surface area contributed by atoms with Crippen LogP contribution < -0.4 is 0 Å². The van der Waals surface area contributed by atoms with Gasteiger partial charge in [-0.25, -0.2) is 9.48 Å². The van der Waals surface area contributed by atoms with Crippen molar-refractivity contribution in [3.8, 4) is 16.9 Å². The zero-order chi connectivity index (χ0) is 21.8. The number of aromatic carboxylic acids is 1. The van der Waals surface area contributed by atoms with Gasteiger partial charge in [-0.2, -0.15) is 5.10 Å². The van der Waals surface area contributed by atoms with E-state index in [2.05, 4.69) is 26.0 Å². The van der Waals surface area contributed by atoms with E-state index in [9.17, 15) is 9.90 Å². The molecule has 0 aliphatic rings. The lowest BCUT2D eigenvalue weighted by Gasteiger charge is -2.06. The SMILES string of the molecule is CC(C)c1ccc(C=Cc2c(C(=O)O)c(-c3ccccc3)nn2-c2ccccc2)cc1. The Morgan fingerprint density at radius 2 is 1.48 bits per heavy atom. The zero-order valence-corrected chi connectivity index (χ0v) is 17.6. The summed E-state index contributed by atoms with van der Waals surface area (Å²) >= 11 is 0. The molecular formula is C27H24N2O2. The summed E-state index contributed by atoms with van der Waals surface area (Å²) in [5, 5.41) is 14.8. The highest BCUT2D eigenvalue weighted by Gasteiger charge is 2.23. The van der Waals surface area contributed by atoms with E-state index in [0.29, 0.717) is 17.3 Å². The van der Waals surface area contributed by atoms with Crippen LogP contribution in [-0.2, 0) is 0 Å². The lowest BCUT2D eigenvalue weighted by Crippen LogP contribution is -2.02. The van der Waals surface area contributed by atoms with Crippen LogP contribution in [0.5, 0.6) is 0 Å². The van der Waals surface area contributed by atoms with Gasteiger partial charge in [0.2, 0.25) is 0 Å². The predicted octanol–water partition coefficient (Wildman–Crippen LogP) is 6.53. The average molecular weight is 409 g/mol. The van der Waals surface area contributed by atoms with E-state index >= 15 is 0 Å². The molecule has 3 aromatic carbocycles. The first-order valence-corrected chi connectivity index (χ1v) is 10.3. The van der Waals surface area contributed by atoms with E-state index in [-0.39, 0.29) is 5.56 Å². The maximum Gasteiger partial charge on any atom is 0.340 e. The van der Waals surface area contributed by atoms with Crippen molar-refractivity contribution >= 4 is 18.1 Å². The minimum absolute atomic E-state index is 0.185. The molecule has 1 aromatic heterocycles. The van der Waals surface area contributed by atoms with Crippen molar-refractivity contribution in [3.63, 3.8) is 0 Å². The molecule has 1 heterocycles. The van der Waals surface area contributed by atoms with Crippen LogP contribution in [-0.4, -0.2) is 20.9 Å². The third-order valence-electron chi connectivity index (χ3n) is 5.22. The second kappa shape index (κ2) is 8.84. The minimum atomic E-state index is -1.00. The van der Waals surface area contributed by atoms with Gasteiger partial charge >= 0.3 is 5.97 Å². The highest BCUT2D eigenvalue weighted by Crippen LogP contribution is 2.29. The van der Waals surface area contributed by atoms with E-state index in [1.165, 1.54) is 5.56 Å². The summed E-state index contributed by atoms with van der Waals surface area (Å²) in [5.41, 5.74) is 5.02. The molecule has 0 amide bonds. The smallest absolute Gasteiger partial charge is 0.340 e. The van der Waals surface area contributed by atoms with Gasteiger partial charge in [-0.05, 0) is 35.3 Å². The summed E-state index contributed by atoms with van der Waals surface area (Å²) < 4.78 is 1.70. The summed E-state index contributed by atoms with van der Waals surface area (Å²) in [5.74, 6) is -0.541. The molecule has 0 bridgehead atoms. The lowest BCUT2D eigenvalue weighted by atomic mass is 10.0. The molecule has 1 N–H and O–H groups in total. The maximum atomic E-state index is 12.3. The lowest BCUT2D eigenvalue weighted by molar-refractivity contribution is 0.0697. The molecule has 4 heteroatoms. The molecule has 0 saturated heterocycles. The largest absolute Gasteiger partial charge is 0.478 e. The number of benzene rings is 3. The Balaban J connectivity index is 1.86. The van der Waals surface area contributed by atoms with Crippen LogP contribution in [0.15, 0.2) is 84.9 Å². The summed E-state index contributed by atoms with van der Waals surface area (Å²) in [6, 6.07) is 27.3. The second-order valence-electron chi connectivity index (χ2n) is 7.68. The summed E-state index contributed by atoms with van der Waals surface area (Å²) in [6.07, 6.45) is 3.77. The van der Waals surface area contributed by atoms with Crippen molar-refractivity contribution in [2.45, 2.75) is 19.8 Å². The molecule has 154 valence electrons. The quantitative estimate of drug-likeness (QED) is 0.394. The van der Waals surface area contributed by atoms with Crippen molar-refractivity contribution in [1.82, 2.24) is 9.78 Å². The topological polar surface area (TPSA) is 55.1 Å². The maximum absolute atomic E-state index is 12.3. The first-order chi connectivity index (χ1) is 15.0. The van der Waals surface area contributed by atoms with E-state index in [4.69, 9.17) is 5.10 Å². The van der Waals surface area contributed by atoms with Crippen molar-refractivity contribution in [1.29, 1.82) is 0 Å². The molecule has 0 radical (unpaired) electrons. The van der Waals surface area contributed by atoms with Crippen LogP contribution in [0, 0.1) is 0 Å². The third kappa shape index (κ3) is 4.33. The van der Waals surface area contributed by atoms with Crippen LogP contribution in [0.25, 0.3) is 29.1 Å². The van der Waals surface area contributed by atoms with Gasteiger partial charge in [0, 0.05) is 5.56 Å². The third-order valence-corrected chi connectivity index (χ3v) is 5.22. The van der Waals surface area contributed by atoms with Gasteiger partial charge in [0.25, 0.3) is 0 Å². The van der Waals surface area contributed by atoms with Crippen LogP contribution in [0.3, 0.4) is 0 Å². The fourth-order valence-electron chi connectivity index (χ4n) is 3.53. The summed E-state index contributed by atoms with van der Waals surface area (Å²) in [7, 11) is 0. The molecule has 0 atom stereocenters. The number of para-hydroxylation sites is 1. The van der Waals surface area contributed by atoms with E-state index in [1.807, 2.05) is 84.9 Å². The van der Waals surface area contributed by atoms with Crippen molar-refractivity contribution < 1.29 is 9.90 Å². The predicted molar refractivity (Wildman–Crippen MR) is 125 cm³/mol. The number of hydrogen-bond donors (Lipinski definition) is 1. The molecular weight excluding hydrogens is 384 g/mol. The van der Waals surface area contributed by atoms with Crippen molar-refractivity contribution in [3.05, 3.63) is 107 Å². The van der Waals surface area contributed by atoms with Gasteiger partial charge in [-0.15, -0.1) is 0 Å². The summed E-state index contributed by atoms with van der Waals surface area (Å²) in [6.45, 7) is 4.32. The van der Waals surface area contributed by atoms with Crippen molar-refractivity contribution in [2.24, 2.45) is 0 Å². The Labute approximate surface area is 182 Å². The summed E-state index contributed by atoms with van der Waals surface area (Å²) in [4.78, 5) is 12.3. The normalized spacial score (nSPS) is 11.3. The van der Waals surface area contributed by atoms with Crippen LogP contribution in [0.2, 0.25) is 0 Å². The van der Waals surface area contributed by atoms with Crippen LogP contribution in [0.4, 0.5) is 0 Å². The van der Waals surface area contributed by atoms with Crippen LogP contribution >= 0.6 is 0 Å². The number of aromatic nitrogens is 2. The molecule has 4 aromatic rings. The van der Waals surface area contributed by atoms with Gasteiger partial charge in [0.05, 0.1) is 11.4 Å². The molecule has 31 heavy (non-hydrogen) atoms. The number of nitrogens with zero attached hydrogens (tertiary/aromatic N) is 2. The standard InChI is InChI=1S/C27H24N2O2/c1-19(2)21-16-13-20(14-17-21)15-18-24-25(27(30)31)26(22-9-5-3-6-10-22)28-29(24)23-11-7-4-8-12-23/h3-19H,1-2H3,(H,30,31).